The van der Waals surface area contributed by atoms with Gasteiger partial charge in [-0.3, -0.25) is 9.69 Å². The Morgan fingerprint density at radius 3 is 2.04 bits per heavy atom. The smallest absolute Gasteiger partial charge is 0.416 e. The van der Waals surface area contributed by atoms with Crippen molar-refractivity contribution < 1.29 is 72.4 Å². The zero-order valence-corrected chi connectivity index (χ0v) is 28.2. The lowest BCUT2D eigenvalue weighted by atomic mass is 9.97. The molecule has 0 radical (unpaired) electrons. The van der Waals surface area contributed by atoms with E-state index in [9.17, 15) is 53.5 Å². The van der Waals surface area contributed by atoms with Crippen molar-refractivity contribution in [3.05, 3.63) is 93.3 Å². The van der Waals surface area contributed by atoms with E-state index < -0.39 is 77.4 Å². The third-order valence-electron chi connectivity index (χ3n) is 8.03. The summed E-state index contributed by atoms with van der Waals surface area (Å²) < 4.78 is 158. The maximum absolute atomic E-state index is 14.8. The van der Waals surface area contributed by atoms with Gasteiger partial charge in [0.1, 0.15) is 11.9 Å². The minimum absolute atomic E-state index is 0.0156. The largest absolute Gasteiger partial charge is 0.495 e. The fourth-order valence-corrected chi connectivity index (χ4v) is 5.34. The zero-order valence-electron chi connectivity index (χ0n) is 28.2. The summed E-state index contributed by atoms with van der Waals surface area (Å²) in [5.74, 6) is 3.86. The summed E-state index contributed by atoms with van der Waals surface area (Å²) in [5, 5.41) is 0. The molecule has 0 N–H and O–H groups in total. The van der Waals surface area contributed by atoms with Crippen LogP contribution < -0.4 is 9.47 Å². The maximum Gasteiger partial charge on any atom is 0.416 e. The number of unbranched alkanes of at least 4 members (excludes halogenated alkanes) is 1. The molecule has 0 saturated carbocycles. The average Bonchev–Trinajstić information content (AvgIpc) is 3.35. The molecule has 1 heterocycles. The molecule has 1 unspecified atom stereocenters. The molecule has 3 aromatic carbocycles. The van der Waals surface area contributed by atoms with Crippen molar-refractivity contribution in [2.75, 3.05) is 20.3 Å². The van der Waals surface area contributed by atoms with Crippen LogP contribution in [-0.2, 0) is 39.3 Å². The first-order valence-corrected chi connectivity index (χ1v) is 15.9. The number of rotatable bonds is 11. The van der Waals surface area contributed by atoms with Gasteiger partial charge in [-0.25, -0.2) is 9.18 Å². The molecule has 1 aliphatic heterocycles. The Bertz CT molecular complexity index is 1850. The molecule has 1 amide bonds. The van der Waals surface area contributed by atoms with Gasteiger partial charge in [0.15, 0.2) is 11.6 Å². The fraction of sp³-hybridized carbons (Fsp3) is 0.389. The summed E-state index contributed by atoms with van der Waals surface area (Å²) >= 11 is 0. The standard InChI is InChI=1S/C36H31F10NO6/c1-4-51-31(48)7-5-6-12-52-30-16-22(29(50-3)18-28(30)37)9-8-21-10-11-25(34(38,39)40)15-24(21)19-47-20(2)32(53-33(47)49)23-13-26(35(41,42)43)17-27(14-23)36(44,45)46/h10-11,13-18,20,32H,4-7,12,19H2,1-3H3/t20-,32?/m0/s1. The Morgan fingerprint density at radius 2 is 1.45 bits per heavy atom. The Kier molecular flexibility index (Phi) is 12.5. The first kappa shape index (κ1) is 40.6. The summed E-state index contributed by atoms with van der Waals surface area (Å²) in [6, 6.07) is 4.07. The first-order chi connectivity index (χ1) is 24.7. The number of amides is 1. The number of esters is 1. The van der Waals surface area contributed by atoms with E-state index in [-0.39, 0.29) is 53.9 Å². The lowest BCUT2D eigenvalue weighted by molar-refractivity contribution is -0.144. The molecule has 2 atom stereocenters. The molecule has 0 aromatic heterocycles. The van der Waals surface area contributed by atoms with Crippen LogP contribution in [0, 0.1) is 17.7 Å². The van der Waals surface area contributed by atoms with Crippen LogP contribution in [0.1, 0.15) is 78.2 Å². The molecule has 1 aliphatic rings. The van der Waals surface area contributed by atoms with Crippen molar-refractivity contribution in [1.82, 2.24) is 4.90 Å². The Labute approximate surface area is 296 Å². The normalized spacial score (nSPS) is 16.2. The number of nitrogens with zero attached hydrogens (tertiary/aromatic N) is 1. The first-order valence-electron chi connectivity index (χ1n) is 15.9. The van der Waals surface area contributed by atoms with Gasteiger partial charge < -0.3 is 18.9 Å². The second-order valence-corrected chi connectivity index (χ2v) is 11.7. The van der Waals surface area contributed by atoms with Crippen LogP contribution in [0.4, 0.5) is 48.7 Å². The van der Waals surface area contributed by atoms with Gasteiger partial charge in [-0.15, -0.1) is 0 Å². The highest BCUT2D eigenvalue weighted by Crippen LogP contribution is 2.41. The van der Waals surface area contributed by atoms with E-state index in [1.165, 1.54) is 20.1 Å². The van der Waals surface area contributed by atoms with Crippen LogP contribution in [0.3, 0.4) is 0 Å². The van der Waals surface area contributed by atoms with Gasteiger partial charge in [0.25, 0.3) is 0 Å². The van der Waals surface area contributed by atoms with Crippen LogP contribution in [0.15, 0.2) is 48.5 Å². The average molecular weight is 764 g/mol. The number of cyclic esters (lactones) is 1. The van der Waals surface area contributed by atoms with Gasteiger partial charge in [0, 0.05) is 24.1 Å². The number of methoxy groups -OCH3 is 1. The summed E-state index contributed by atoms with van der Waals surface area (Å²) in [4.78, 5) is 25.3. The van der Waals surface area contributed by atoms with E-state index in [1.807, 2.05) is 0 Å². The van der Waals surface area contributed by atoms with Gasteiger partial charge in [0.2, 0.25) is 0 Å². The predicted molar refractivity (Wildman–Crippen MR) is 167 cm³/mol. The van der Waals surface area contributed by atoms with E-state index in [0.717, 1.165) is 23.1 Å². The van der Waals surface area contributed by atoms with Crippen molar-refractivity contribution in [2.24, 2.45) is 0 Å². The Balaban J connectivity index is 1.65. The van der Waals surface area contributed by atoms with E-state index in [4.69, 9.17) is 18.9 Å². The monoisotopic (exact) mass is 763 g/mol. The fourth-order valence-electron chi connectivity index (χ4n) is 5.34. The minimum Gasteiger partial charge on any atom is -0.495 e. The van der Waals surface area contributed by atoms with Crippen LogP contribution in [0.2, 0.25) is 0 Å². The van der Waals surface area contributed by atoms with Crippen LogP contribution in [0.25, 0.3) is 0 Å². The molecule has 3 aromatic rings. The minimum atomic E-state index is -5.18. The molecule has 1 fully saturated rings. The summed E-state index contributed by atoms with van der Waals surface area (Å²) in [5.41, 5.74) is -5.25. The molecule has 17 heteroatoms. The number of hydrogen-bond donors (Lipinski definition) is 0. The summed E-state index contributed by atoms with van der Waals surface area (Å²) in [7, 11) is 1.22. The van der Waals surface area contributed by atoms with Crippen LogP contribution in [0.5, 0.6) is 11.5 Å². The number of hydrogen-bond acceptors (Lipinski definition) is 6. The molecule has 0 spiro atoms. The van der Waals surface area contributed by atoms with Gasteiger partial charge >= 0.3 is 30.6 Å². The number of halogens is 10. The highest BCUT2D eigenvalue weighted by Gasteiger charge is 2.43. The van der Waals surface area contributed by atoms with Crippen molar-refractivity contribution in [2.45, 2.75) is 70.3 Å². The Hall–Kier alpha value is -5.14. The SMILES string of the molecule is CCOC(=O)CCCCOc1cc(C#Cc2ccc(C(F)(F)F)cc2CN2C(=O)OC(c3cc(C(F)(F)F)cc(C(F)(F)F)c3)[C@@H]2C)c(OC)cc1F. The van der Waals surface area contributed by atoms with Crippen molar-refractivity contribution in [3.8, 4) is 23.3 Å². The molecule has 53 heavy (non-hydrogen) atoms. The molecule has 0 aliphatic carbocycles. The third-order valence-corrected chi connectivity index (χ3v) is 8.03. The van der Waals surface area contributed by atoms with Gasteiger partial charge in [-0.2, -0.15) is 39.5 Å². The number of carbonyl (C=O) groups is 2. The highest BCUT2D eigenvalue weighted by atomic mass is 19.4. The highest BCUT2D eigenvalue weighted by molar-refractivity contribution is 5.71. The van der Waals surface area contributed by atoms with Gasteiger partial charge in [-0.1, -0.05) is 11.8 Å². The van der Waals surface area contributed by atoms with E-state index >= 15 is 0 Å². The number of carbonyl (C=O) groups excluding carboxylic acids is 2. The van der Waals surface area contributed by atoms with E-state index in [1.54, 1.807) is 6.92 Å². The molecule has 0 bridgehead atoms. The van der Waals surface area contributed by atoms with Gasteiger partial charge in [0.05, 0.1) is 55.2 Å². The van der Waals surface area contributed by atoms with Crippen molar-refractivity contribution >= 4 is 12.1 Å². The molecular weight excluding hydrogens is 732 g/mol. The molecule has 4 rings (SSSR count). The lowest BCUT2D eigenvalue weighted by Crippen LogP contribution is -2.32. The van der Waals surface area contributed by atoms with E-state index in [0.29, 0.717) is 31.0 Å². The zero-order chi connectivity index (χ0) is 39.3. The summed E-state index contributed by atoms with van der Waals surface area (Å²) in [6.45, 7) is 2.52. The van der Waals surface area contributed by atoms with Crippen LogP contribution in [-0.4, -0.2) is 43.3 Å². The Morgan fingerprint density at radius 1 is 0.830 bits per heavy atom. The topological polar surface area (TPSA) is 74.3 Å². The second-order valence-electron chi connectivity index (χ2n) is 11.7. The van der Waals surface area contributed by atoms with Crippen molar-refractivity contribution in [1.29, 1.82) is 0 Å². The predicted octanol–water partition coefficient (Wildman–Crippen LogP) is 9.48. The second kappa shape index (κ2) is 16.3. The molecule has 286 valence electrons. The number of alkyl halides is 9. The van der Waals surface area contributed by atoms with Gasteiger partial charge in [-0.05, 0) is 74.2 Å². The molecule has 1 saturated heterocycles. The van der Waals surface area contributed by atoms with Crippen LogP contribution >= 0.6 is 0 Å². The summed E-state index contributed by atoms with van der Waals surface area (Å²) in [6.07, 6.45) is -17.2. The molecular formula is C36H31F10NO6. The van der Waals surface area contributed by atoms with Crippen molar-refractivity contribution in [3.63, 3.8) is 0 Å². The maximum atomic E-state index is 14.8. The molecule has 7 nitrogen and oxygen atoms in total. The number of benzene rings is 3. The van der Waals surface area contributed by atoms with E-state index in [2.05, 4.69) is 11.8 Å². The lowest BCUT2D eigenvalue weighted by Gasteiger charge is -2.23. The number of ether oxygens (including phenoxy) is 4. The third kappa shape index (κ3) is 10.3. The quantitative estimate of drug-likeness (QED) is 0.0839.